The molecule has 2 fully saturated rings. The summed E-state index contributed by atoms with van der Waals surface area (Å²) in [5.41, 5.74) is 0. The number of carbonyl (C=O) groups is 1. The van der Waals surface area contributed by atoms with E-state index in [2.05, 4.69) is 15.3 Å². The fraction of sp³-hybridized carbons (Fsp3) is 0.583. The molecular formula is C12H15ClN4O3S. The van der Waals surface area contributed by atoms with E-state index in [1.165, 1.54) is 16.7 Å². The molecule has 3 rings (SSSR count). The highest BCUT2D eigenvalue weighted by Gasteiger charge is 2.41. The lowest BCUT2D eigenvalue weighted by Gasteiger charge is -2.23. The van der Waals surface area contributed by atoms with Gasteiger partial charge in [-0.25, -0.2) is 18.4 Å². The normalized spacial score (nSPS) is 23.2. The number of amides is 1. The number of nitrogens with one attached hydrogen (secondary N) is 1. The predicted octanol–water partition coefficient (Wildman–Crippen LogP) is 0.562. The molecular weight excluding hydrogens is 316 g/mol. The van der Waals surface area contributed by atoms with Crippen LogP contribution in [-0.2, 0) is 14.8 Å². The van der Waals surface area contributed by atoms with Crippen LogP contribution in [0, 0.1) is 0 Å². The molecule has 1 aliphatic heterocycles. The van der Waals surface area contributed by atoms with Gasteiger partial charge in [0.05, 0.1) is 12.4 Å². The highest BCUT2D eigenvalue weighted by Crippen LogP contribution is 2.27. The summed E-state index contributed by atoms with van der Waals surface area (Å²) in [7, 11) is -3.78. The average molecular weight is 331 g/mol. The summed E-state index contributed by atoms with van der Waals surface area (Å²) in [5.74, 6) is -0.214. The van der Waals surface area contributed by atoms with E-state index in [-0.39, 0.29) is 22.1 Å². The zero-order valence-electron chi connectivity index (χ0n) is 11.2. The average Bonchev–Trinajstić information content (AvgIpc) is 3.11. The summed E-state index contributed by atoms with van der Waals surface area (Å²) < 4.78 is 26.4. The summed E-state index contributed by atoms with van der Waals surface area (Å²) >= 11 is 5.57. The smallest absolute Gasteiger partial charge is 0.246 e. The lowest BCUT2D eigenvalue weighted by molar-refractivity contribution is -0.124. The second kappa shape index (κ2) is 5.51. The molecule has 1 saturated carbocycles. The fourth-order valence-corrected chi connectivity index (χ4v) is 4.03. The van der Waals surface area contributed by atoms with Gasteiger partial charge < -0.3 is 5.32 Å². The molecule has 114 valence electrons. The first-order valence-corrected chi connectivity index (χ1v) is 8.60. The van der Waals surface area contributed by atoms with Crippen molar-refractivity contribution in [3.05, 3.63) is 17.7 Å². The van der Waals surface area contributed by atoms with Crippen molar-refractivity contribution in [3.8, 4) is 0 Å². The second-order valence-corrected chi connectivity index (χ2v) is 7.47. The SMILES string of the molecule is O=C(NC1CC1)C1CCCN1S(=O)(=O)c1cnc(Cl)nc1. The van der Waals surface area contributed by atoms with Crippen molar-refractivity contribution in [2.45, 2.75) is 42.7 Å². The molecule has 0 radical (unpaired) electrons. The number of aromatic nitrogens is 2. The standard InChI is InChI=1S/C12H15ClN4O3S/c13-12-14-6-9(7-15-12)21(19,20)17-5-1-2-10(17)11(18)16-8-3-4-8/h6-8,10H,1-5H2,(H,16,18). The molecule has 1 saturated heterocycles. The summed E-state index contributed by atoms with van der Waals surface area (Å²) in [4.78, 5) is 19.5. The molecule has 1 amide bonds. The van der Waals surface area contributed by atoms with E-state index in [1.807, 2.05) is 0 Å². The third-order valence-corrected chi connectivity index (χ3v) is 5.69. The molecule has 1 aromatic rings. The number of carbonyl (C=O) groups excluding carboxylic acids is 1. The van der Waals surface area contributed by atoms with Crippen LogP contribution in [0.5, 0.6) is 0 Å². The number of rotatable bonds is 4. The van der Waals surface area contributed by atoms with Gasteiger partial charge in [-0.15, -0.1) is 0 Å². The van der Waals surface area contributed by atoms with Crippen LogP contribution in [-0.4, -0.2) is 47.2 Å². The molecule has 21 heavy (non-hydrogen) atoms. The van der Waals surface area contributed by atoms with Gasteiger partial charge in [-0.2, -0.15) is 4.31 Å². The van der Waals surface area contributed by atoms with E-state index in [4.69, 9.17) is 11.6 Å². The lowest BCUT2D eigenvalue weighted by atomic mass is 10.2. The molecule has 1 aliphatic carbocycles. The maximum atomic E-state index is 12.6. The molecule has 9 heteroatoms. The first-order chi connectivity index (χ1) is 9.98. The Kier molecular flexibility index (Phi) is 3.85. The molecule has 0 bridgehead atoms. The Balaban J connectivity index is 1.82. The predicted molar refractivity (Wildman–Crippen MR) is 75.1 cm³/mol. The van der Waals surface area contributed by atoms with Gasteiger partial charge in [0.25, 0.3) is 0 Å². The van der Waals surface area contributed by atoms with Crippen LogP contribution < -0.4 is 5.32 Å². The number of nitrogens with zero attached hydrogens (tertiary/aromatic N) is 3. The highest BCUT2D eigenvalue weighted by molar-refractivity contribution is 7.89. The molecule has 1 unspecified atom stereocenters. The summed E-state index contributed by atoms with van der Waals surface area (Å²) in [6.45, 7) is 0.327. The quantitative estimate of drug-likeness (QED) is 0.814. The Labute approximate surface area is 127 Å². The Bertz CT molecular complexity index is 645. The number of halogens is 1. The number of hydrogen-bond acceptors (Lipinski definition) is 5. The minimum Gasteiger partial charge on any atom is -0.352 e. The number of sulfonamides is 1. The van der Waals surface area contributed by atoms with E-state index in [9.17, 15) is 13.2 Å². The third kappa shape index (κ3) is 3.02. The van der Waals surface area contributed by atoms with Crippen molar-refractivity contribution in [1.29, 1.82) is 0 Å². The monoisotopic (exact) mass is 330 g/mol. The maximum absolute atomic E-state index is 12.6. The van der Waals surface area contributed by atoms with Gasteiger partial charge in [-0.3, -0.25) is 4.79 Å². The zero-order chi connectivity index (χ0) is 15.0. The Morgan fingerprint density at radius 1 is 1.29 bits per heavy atom. The minimum atomic E-state index is -3.78. The first-order valence-electron chi connectivity index (χ1n) is 6.78. The van der Waals surface area contributed by atoms with E-state index >= 15 is 0 Å². The van der Waals surface area contributed by atoms with Gasteiger partial charge in [0.15, 0.2) is 0 Å². The van der Waals surface area contributed by atoms with E-state index < -0.39 is 16.1 Å². The fourth-order valence-electron chi connectivity index (χ4n) is 2.38. The molecule has 2 heterocycles. The molecule has 7 nitrogen and oxygen atoms in total. The van der Waals surface area contributed by atoms with Gasteiger partial charge >= 0.3 is 0 Å². The summed E-state index contributed by atoms with van der Waals surface area (Å²) in [6, 6.07) is -0.437. The lowest BCUT2D eigenvalue weighted by Crippen LogP contribution is -2.46. The van der Waals surface area contributed by atoms with Crippen molar-refractivity contribution in [2.24, 2.45) is 0 Å². The van der Waals surface area contributed by atoms with Crippen molar-refractivity contribution >= 4 is 27.5 Å². The van der Waals surface area contributed by atoms with Crippen molar-refractivity contribution in [3.63, 3.8) is 0 Å². The van der Waals surface area contributed by atoms with E-state index in [0.29, 0.717) is 19.4 Å². The van der Waals surface area contributed by atoms with Crippen LogP contribution >= 0.6 is 11.6 Å². The van der Waals surface area contributed by atoms with Crippen LogP contribution in [0.15, 0.2) is 17.3 Å². The Hall–Kier alpha value is -1.25. The van der Waals surface area contributed by atoms with Crippen LogP contribution in [0.4, 0.5) is 0 Å². The summed E-state index contributed by atoms with van der Waals surface area (Å²) in [6.07, 6.45) is 5.47. The van der Waals surface area contributed by atoms with Crippen molar-refractivity contribution < 1.29 is 13.2 Å². The summed E-state index contributed by atoms with van der Waals surface area (Å²) in [5, 5.41) is 2.85. The van der Waals surface area contributed by atoms with Crippen LogP contribution in [0.1, 0.15) is 25.7 Å². The van der Waals surface area contributed by atoms with Gasteiger partial charge in [0.2, 0.25) is 21.2 Å². The van der Waals surface area contributed by atoms with E-state index in [1.54, 1.807) is 0 Å². The first kappa shape index (κ1) is 14.7. The largest absolute Gasteiger partial charge is 0.352 e. The van der Waals surface area contributed by atoms with Crippen molar-refractivity contribution in [2.75, 3.05) is 6.54 Å². The molecule has 1 N–H and O–H groups in total. The topological polar surface area (TPSA) is 92.3 Å². The Morgan fingerprint density at radius 2 is 1.95 bits per heavy atom. The maximum Gasteiger partial charge on any atom is 0.246 e. The van der Waals surface area contributed by atoms with Gasteiger partial charge in [0.1, 0.15) is 10.9 Å². The number of hydrogen-bond donors (Lipinski definition) is 1. The molecule has 1 aromatic heterocycles. The molecule has 0 aromatic carbocycles. The van der Waals surface area contributed by atoms with Gasteiger partial charge in [-0.05, 0) is 37.3 Å². The third-order valence-electron chi connectivity index (χ3n) is 3.63. The second-order valence-electron chi connectivity index (χ2n) is 5.24. The molecule has 2 aliphatic rings. The highest BCUT2D eigenvalue weighted by atomic mass is 35.5. The van der Waals surface area contributed by atoms with Crippen molar-refractivity contribution in [1.82, 2.24) is 19.6 Å². The molecule has 1 atom stereocenters. The minimum absolute atomic E-state index is 0.0154. The Morgan fingerprint density at radius 3 is 2.57 bits per heavy atom. The van der Waals surface area contributed by atoms with Gasteiger partial charge in [-0.1, -0.05) is 0 Å². The van der Waals surface area contributed by atoms with Crippen LogP contribution in [0.3, 0.4) is 0 Å². The van der Waals surface area contributed by atoms with Crippen LogP contribution in [0.2, 0.25) is 5.28 Å². The van der Waals surface area contributed by atoms with E-state index in [0.717, 1.165) is 12.8 Å². The van der Waals surface area contributed by atoms with Crippen LogP contribution in [0.25, 0.3) is 0 Å². The zero-order valence-corrected chi connectivity index (χ0v) is 12.8. The van der Waals surface area contributed by atoms with Gasteiger partial charge in [0, 0.05) is 12.6 Å². The molecule has 0 spiro atoms.